The van der Waals surface area contributed by atoms with Crippen LogP contribution < -0.4 is 5.56 Å². The van der Waals surface area contributed by atoms with Crippen LogP contribution in [0.5, 0.6) is 0 Å². The molecule has 2 aromatic rings. The Morgan fingerprint density at radius 1 is 1.29 bits per heavy atom. The molecule has 0 aliphatic rings. The first-order valence-electron chi connectivity index (χ1n) is 6.60. The minimum absolute atomic E-state index is 0.206. The van der Waals surface area contributed by atoms with E-state index in [1.165, 1.54) is 16.4 Å². The number of benzene rings is 1. The van der Waals surface area contributed by atoms with E-state index in [1.807, 2.05) is 24.3 Å². The van der Waals surface area contributed by atoms with E-state index in [0.717, 1.165) is 17.5 Å². The zero-order valence-corrected chi connectivity index (χ0v) is 13.3. The van der Waals surface area contributed by atoms with Crippen LogP contribution in [0.1, 0.15) is 17.5 Å². The van der Waals surface area contributed by atoms with Crippen LogP contribution in [0.15, 0.2) is 40.2 Å². The largest absolute Gasteiger partial charge is 0.286 e. The van der Waals surface area contributed by atoms with Gasteiger partial charge in [-0.25, -0.2) is 4.68 Å². The zero-order chi connectivity index (χ0) is 15.2. The molecule has 1 heterocycles. The third-order valence-corrected chi connectivity index (χ3v) is 4.64. The highest BCUT2D eigenvalue weighted by Crippen LogP contribution is 2.26. The third-order valence-electron chi connectivity index (χ3n) is 3.06. The van der Waals surface area contributed by atoms with E-state index in [2.05, 4.69) is 5.10 Å². The van der Waals surface area contributed by atoms with E-state index in [0.29, 0.717) is 17.1 Å². The number of alkyl halides is 1. The van der Waals surface area contributed by atoms with Gasteiger partial charge in [0.15, 0.2) is 0 Å². The molecular formula is C15H16ClFN2OS. The predicted molar refractivity (Wildman–Crippen MR) is 84.8 cm³/mol. The Morgan fingerprint density at radius 2 is 1.95 bits per heavy atom. The summed E-state index contributed by atoms with van der Waals surface area (Å²) in [5, 5.41) is 4.17. The molecule has 0 saturated carbocycles. The standard InChI is InChI=1S/C15H16ClFN2OS/c1-19-15(20)14(16)13(9-18-19)21-10-12-6-4-11(5-7-12)3-2-8-17/h4-7,9H,2-3,8,10H2,1H3/i17-1. The Labute approximate surface area is 132 Å². The topological polar surface area (TPSA) is 34.9 Å². The molecule has 0 atom stereocenters. The fourth-order valence-electron chi connectivity index (χ4n) is 1.83. The molecule has 3 nitrogen and oxygen atoms in total. The quantitative estimate of drug-likeness (QED) is 0.761. The summed E-state index contributed by atoms with van der Waals surface area (Å²) >= 11 is 7.50. The summed E-state index contributed by atoms with van der Waals surface area (Å²) in [5.41, 5.74) is 1.97. The van der Waals surface area contributed by atoms with E-state index in [9.17, 15) is 9.18 Å². The van der Waals surface area contributed by atoms with Gasteiger partial charge in [0, 0.05) is 12.8 Å². The Hall–Kier alpha value is -1.33. The maximum Gasteiger partial charge on any atom is 0.286 e. The summed E-state index contributed by atoms with van der Waals surface area (Å²) in [6.45, 7) is -0.286. The molecule has 0 unspecified atom stereocenters. The highest BCUT2D eigenvalue weighted by atomic mass is 35.5. The first-order valence-corrected chi connectivity index (χ1v) is 7.96. The summed E-state index contributed by atoms with van der Waals surface area (Å²) in [6, 6.07) is 8.05. The Balaban J connectivity index is 2.00. The smallest absolute Gasteiger partial charge is 0.266 e. The van der Waals surface area contributed by atoms with Crippen LogP contribution in [-0.4, -0.2) is 16.5 Å². The van der Waals surface area contributed by atoms with Crippen molar-refractivity contribution in [3.63, 3.8) is 0 Å². The second-order valence-electron chi connectivity index (χ2n) is 4.65. The third kappa shape index (κ3) is 4.32. The van der Waals surface area contributed by atoms with Gasteiger partial charge in [-0.3, -0.25) is 9.18 Å². The molecule has 0 saturated heterocycles. The number of nitrogens with zero attached hydrogens (tertiary/aromatic N) is 2. The van der Waals surface area contributed by atoms with Gasteiger partial charge in [-0.05, 0) is 24.0 Å². The first kappa shape index (κ1) is 16.0. The molecule has 1 aromatic heterocycles. The normalized spacial score (nSPS) is 10.8. The second kappa shape index (κ2) is 7.61. The summed E-state index contributed by atoms with van der Waals surface area (Å²) in [4.78, 5) is 12.4. The lowest BCUT2D eigenvalue weighted by atomic mass is 10.1. The van der Waals surface area contributed by atoms with Gasteiger partial charge < -0.3 is 0 Å². The van der Waals surface area contributed by atoms with E-state index in [4.69, 9.17) is 11.6 Å². The van der Waals surface area contributed by atoms with Gasteiger partial charge in [0.25, 0.3) is 5.56 Å². The maximum absolute atomic E-state index is 12.1. The molecular weight excluding hydrogens is 310 g/mol. The van der Waals surface area contributed by atoms with Gasteiger partial charge in [-0.1, -0.05) is 35.9 Å². The van der Waals surface area contributed by atoms with Crippen molar-refractivity contribution in [1.29, 1.82) is 0 Å². The summed E-state index contributed by atoms with van der Waals surface area (Å²) < 4.78 is 13.3. The van der Waals surface area contributed by atoms with E-state index >= 15 is 0 Å². The lowest BCUT2D eigenvalue weighted by Gasteiger charge is -2.06. The van der Waals surface area contributed by atoms with Gasteiger partial charge in [0.05, 0.1) is 17.8 Å². The average Bonchev–Trinajstić information content (AvgIpc) is 2.51. The van der Waals surface area contributed by atoms with Gasteiger partial charge in [-0.15, -0.1) is 11.8 Å². The van der Waals surface area contributed by atoms with E-state index in [-0.39, 0.29) is 17.3 Å². The van der Waals surface area contributed by atoms with Crippen molar-refractivity contribution in [2.24, 2.45) is 7.05 Å². The van der Waals surface area contributed by atoms with Crippen LogP contribution in [0.2, 0.25) is 5.02 Å². The highest BCUT2D eigenvalue weighted by Gasteiger charge is 2.08. The van der Waals surface area contributed by atoms with Gasteiger partial charge in [0.2, 0.25) is 0 Å². The molecule has 6 heteroatoms. The summed E-state index contributed by atoms with van der Waals surface area (Å²) in [7, 11) is 1.57. The number of aryl methyl sites for hydroxylation is 2. The minimum Gasteiger partial charge on any atom is -0.266 e. The number of hydrogen-bond acceptors (Lipinski definition) is 3. The number of thioether (sulfide) groups is 1. The van der Waals surface area contributed by atoms with Crippen molar-refractivity contribution in [1.82, 2.24) is 9.78 Å². The van der Waals surface area contributed by atoms with E-state index < -0.39 is 0 Å². The molecule has 112 valence electrons. The Kier molecular flexibility index (Phi) is 5.82. The van der Waals surface area contributed by atoms with Gasteiger partial charge in [0.1, 0.15) is 5.02 Å². The Bertz CT molecular complexity index is 658. The van der Waals surface area contributed by atoms with Crippen molar-refractivity contribution in [3.8, 4) is 0 Å². The van der Waals surface area contributed by atoms with Crippen molar-refractivity contribution in [2.45, 2.75) is 23.5 Å². The first-order chi connectivity index (χ1) is 10.1. The van der Waals surface area contributed by atoms with Crippen LogP contribution >= 0.6 is 23.4 Å². The van der Waals surface area contributed by atoms with Crippen LogP contribution in [0.25, 0.3) is 0 Å². The fraction of sp³-hybridized carbons (Fsp3) is 0.333. The number of aromatic nitrogens is 2. The SMILES string of the molecule is Cn1ncc(SCc2ccc(CCC[18F])cc2)c(Cl)c1=O. The van der Waals surface area contributed by atoms with Crippen LogP contribution in [0.3, 0.4) is 0 Å². The molecule has 1 aromatic carbocycles. The van der Waals surface area contributed by atoms with Crippen molar-refractivity contribution < 1.29 is 4.39 Å². The van der Waals surface area contributed by atoms with Crippen LogP contribution in [0, 0.1) is 0 Å². The monoisotopic (exact) mass is 325 g/mol. The van der Waals surface area contributed by atoms with Crippen LogP contribution in [0.4, 0.5) is 4.39 Å². The minimum atomic E-state index is -0.289. The lowest BCUT2D eigenvalue weighted by Crippen LogP contribution is -2.19. The van der Waals surface area contributed by atoms with Gasteiger partial charge >= 0.3 is 0 Å². The summed E-state index contributed by atoms with van der Waals surface area (Å²) in [5.74, 6) is 0.706. The van der Waals surface area contributed by atoms with E-state index in [1.54, 1.807) is 13.2 Å². The van der Waals surface area contributed by atoms with Crippen molar-refractivity contribution in [3.05, 3.63) is 57.0 Å². The molecule has 0 amide bonds. The molecule has 0 aliphatic heterocycles. The molecule has 21 heavy (non-hydrogen) atoms. The molecule has 0 fully saturated rings. The molecule has 0 spiro atoms. The maximum atomic E-state index is 12.1. The van der Waals surface area contributed by atoms with Crippen LogP contribution in [-0.2, 0) is 19.2 Å². The number of rotatable bonds is 6. The molecule has 2 rings (SSSR count). The lowest BCUT2D eigenvalue weighted by molar-refractivity contribution is 0.473. The number of halogens is 2. The summed E-state index contributed by atoms with van der Waals surface area (Å²) in [6.07, 6.45) is 2.92. The highest BCUT2D eigenvalue weighted by molar-refractivity contribution is 7.98. The fourth-order valence-corrected chi connectivity index (χ4v) is 3.02. The Morgan fingerprint density at radius 3 is 2.62 bits per heavy atom. The predicted octanol–water partition coefficient (Wildman–Crippen LogP) is 3.63. The van der Waals surface area contributed by atoms with Gasteiger partial charge in [-0.2, -0.15) is 5.10 Å². The van der Waals surface area contributed by atoms with Crippen molar-refractivity contribution >= 4 is 23.4 Å². The molecule has 0 radical (unpaired) electrons. The average molecular weight is 326 g/mol. The van der Waals surface area contributed by atoms with Crippen molar-refractivity contribution in [2.75, 3.05) is 6.67 Å². The molecule has 0 aliphatic carbocycles. The molecule has 0 N–H and O–H groups in total. The number of hydrogen-bond donors (Lipinski definition) is 0. The molecule has 0 bridgehead atoms. The zero-order valence-electron chi connectivity index (χ0n) is 11.7. The second-order valence-corrected chi connectivity index (χ2v) is 6.04.